The van der Waals surface area contributed by atoms with Crippen molar-refractivity contribution in [1.29, 1.82) is 0 Å². The first-order valence-corrected chi connectivity index (χ1v) is 11.8. The summed E-state index contributed by atoms with van der Waals surface area (Å²) in [6, 6.07) is 18.5. The number of hydrogen-bond donors (Lipinski definition) is 0. The van der Waals surface area contributed by atoms with Crippen LogP contribution < -0.4 is 0 Å². The van der Waals surface area contributed by atoms with Crippen LogP contribution in [-0.4, -0.2) is 0 Å². The van der Waals surface area contributed by atoms with Crippen LogP contribution in [0.3, 0.4) is 0 Å². The molecule has 6 rings (SSSR count). The zero-order valence-electron chi connectivity index (χ0n) is 17.5. The number of fused-ring (bicyclic) bond motifs is 2. The molecule has 2 aromatic rings. The van der Waals surface area contributed by atoms with E-state index >= 15 is 0 Å². The summed E-state index contributed by atoms with van der Waals surface area (Å²) in [5.41, 5.74) is 6.08. The summed E-state index contributed by atoms with van der Waals surface area (Å²) in [5, 5.41) is 0. The van der Waals surface area contributed by atoms with E-state index in [9.17, 15) is 0 Å². The van der Waals surface area contributed by atoms with Crippen LogP contribution in [0.25, 0.3) is 11.1 Å². The highest BCUT2D eigenvalue weighted by atomic mass is 14.4. The third kappa shape index (κ3) is 3.05. The minimum Gasteiger partial charge on any atom is -0.0808 e. The van der Waals surface area contributed by atoms with E-state index in [4.69, 9.17) is 0 Å². The lowest BCUT2D eigenvalue weighted by atomic mass is 9.78. The molecule has 0 N–H and O–H groups in total. The maximum absolute atomic E-state index is 2.46. The van der Waals surface area contributed by atoms with Crippen LogP contribution in [0, 0.1) is 23.7 Å². The van der Waals surface area contributed by atoms with Gasteiger partial charge in [0, 0.05) is 0 Å². The van der Waals surface area contributed by atoms with Gasteiger partial charge in [0.2, 0.25) is 0 Å². The van der Waals surface area contributed by atoms with Gasteiger partial charge in [-0.15, -0.1) is 0 Å². The Labute approximate surface area is 180 Å². The van der Waals surface area contributed by atoms with Crippen LogP contribution >= 0.6 is 0 Å². The third-order valence-electron chi connectivity index (χ3n) is 8.11. The van der Waals surface area contributed by atoms with Crippen LogP contribution in [0.5, 0.6) is 0 Å². The summed E-state index contributed by atoms with van der Waals surface area (Å²) < 4.78 is 0. The van der Waals surface area contributed by atoms with E-state index in [1.807, 2.05) is 0 Å². The topological polar surface area (TPSA) is 0 Å². The second-order valence-electron chi connectivity index (χ2n) is 9.64. The van der Waals surface area contributed by atoms with Crippen LogP contribution in [0.2, 0.25) is 0 Å². The fourth-order valence-corrected chi connectivity index (χ4v) is 6.70. The molecule has 2 fully saturated rings. The van der Waals surface area contributed by atoms with Crippen molar-refractivity contribution in [3.8, 4) is 11.1 Å². The second-order valence-corrected chi connectivity index (χ2v) is 9.64. The summed E-state index contributed by atoms with van der Waals surface area (Å²) >= 11 is 0. The summed E-state index contributed by atoms with van der Waals surface area (Å²) in [4.78, 5) is 0. The molecule has 0 heterocycles. The predicted molar refractivity (Wildman–Crippen MR) is 126 cm³/mol. The van der Waals surface area contributed by atoms with E-state index in [1.54, 1.807) is 11.1 Å². The van der Waals surface area contributed by atoms with Gasteiger partial charge in [0.1, 0.15) is 0 Å². The lowest BCUT2D eigenvalue weighted by Gasteiger charge is -2.26. The molecule has 5 unspecified atom stereocenters. The molecule has 4 aliphatic rings. The van der Waals surface area contributed by atoms with E-state index in [0.717, 1.165) is 17.8 Å². The quantitative estimate of drug-likeness (QED) is 0.501. The predicted octanol–water partition coefficient (Wildman–Crippen LogP) is 7.83. The summed E-state index contributed by atoms with van der Waals surface area (Å²) in [7, 11) is 0. The normalized spacial score (nSPS) is 33.6. The van der Waals surface area contributed by atoms with E-state index in [-0.39, 0.29) is 0 Å². The van der Waals surface area contributed by atoms with Gasteiger partial charge in [-0.25, -0.2) is 0 Å². The molecule has 0 spiro atoms. The largest absolute Gasteiger partial charge is 0.0808 e. The van der Waals surface area contributed by atoms with Crippen molar-refractivity contribution in [2.45, 2.75) is 37.5 Å². The highest BCUT2D eigenvalue weighted by molar-refractivity contribution is 5.72. The lowest BCUT2D eigenvalue weighted by molar-refractivity contribution is 0.509. The third-order valence-corrected chi connectivity index (χ3v) is 8.11. The Morgan fingerprint density at radius 2 is 1.10 bits per heavy atom. The molecule has 30 heavy (non-hydrogen) atoms. The Balaban J connectivity index is 1.39. The van der Waals surface area contributed by atoms with Crippen molar-refractivity contribution >= 4 is 0 Å². The molecule has 0 saturated heterocycles. The van der Waals surface area contributed by atoms with Gasteiger partial charge in [-0.2, -0.15) is 0 Å². The minimum absolute atomic E-state index is 0.637. The minimum atomic E-state index is 0.637. The zero-order valence-corrected chi connectivity index (χ0v) is 17.5. The van der Waals surface area contributed by atoms with Crippen LogP contribution in [0.15, 0.2) is 97.1 Å². The second kappa shape index (κ2) is 7.58. The molecule has 0 bridgehead atoms. The Morgan fingerprint density at radius 1 is 0.533 bits per heavy atom. The molecule has 150 valence electrons. The summed E-state index contributed by atoms with van der Waals surface area (Å²) in [6.07, 6.45) is 23.9. The highest BCUT2D eigenvalue weighted by Crippen LogP contribution is 2.51. The van der Waals surface area contributed by atoms with Gasteiger partial charge in [0.05, 0.1) is 0 Å². The van der Waals surface area contributed by atoms with Crippen LogP contribution in [0.1, 0.15) is 48.6 Å². The Kier molecular flexibility index (Phi) is 4.60. The van der Waals surface area contributed by atoms with Crippen molar-refractivity contribution in [3.63, 3.8) is 0 Å². The fraction of sp³-hybridized carbons (Fsp3) is 0.333. The van der Waals surface area contributed by atoms with Crippen molar-refractivity contribution < 1.29 is 0 Å². The van der Waals surface area contributed by atoms with Gasteiger partial charge >= 0.3 is 0 Å². The van der Waals surface area contributed by atoms with Gasteiger partial charge < -0.3 is 0 Å². The lowest BCUT2D eigenvalue weighted by Crippen LogP contribution is -2.12. The van der Waals surface area contributed by atoms with E-state index in [0.29, 0.717) is 17.8 Å². The number of benzene rings is 2. The smallest absolute Gasteiger partial charge is 0.00869 e. The fourth-order valence-electron chi connectivity index (χ4n) is 6.70. The van der Waals surface area contributed by atoms with Gasteiger partial charge in [-0.3, -0.25) is 0 Å². The summed E-state index contributed by atoms with van der Waals surface area (Å²) in [6.45, 7) is 0. The maximum atomic E-state index is 2.46. The van der Waals surface area contributed by atoms with E-state index < -0.39 is 0 Å². The molecule has 2 aromatic carbocycles. The van der Waals surface area contributed by atoms with Crippen molar-refractivity contribution in [3.05, 3.63) is 108 Å². The van der Waals surface area contributed by atoms with E-state index in [2.05, 4.69) is 97.1 Å². The number of allylic oxidation sites excluding steroid dienone is 8. The van der Waals surface area contributed by atoms with Gasteiger partial charge in [0.25, 0.3) is 0 Å². The molecule has 0 aliphatic heterocycles. The molecular weight excluding hydrogens is 360 g/mol. The van der Waals surface area contributed by atoms with Gasteiger partial charge in [-0.05, 0) is 83.4 Å². The molecule has 0 heteroatoms. The molecule has 0 radical (unpaired) electrons. The van der Waals surface area contributed by atoms with Crippen LogP contribution in [0.4, 0.5) is 0 Å². The van der Waals surface area contributed by atoms with Gasteiger partial charge in [0.15, 0.2) is 0 Å². The first-order valence-electron chi connectivity index (χ1n) is 11.8. The number of hydrogen-bond acceptors (Lipinski definition) is 0. The first-order chi connectivity index (χ1) is 14.9. The average molecular weight is 391 g/mol. The standard InChI is InChI=1S/C30H30/c1-2-11-23-20-24(19-22(23)10-1)26-13-5-6-14-27(26)28-15-7-8-16-29(28)30-18-17-21-9-3-4-12-25(21)30/h1-16,21-25,30H,17-20H2. The van der Waals surface area contributed by atoms with Crippen molar-refractivity contribution in [2.75, 3.05) is 0 Å². The molecule has 4 aliphatic carbocycles. The molecule has 0 nitrogen and oxygen atoms in total. The monoisotopic (exact) mass is 390 g/mol. The number of rotatable bonds is 3. The Morgan fingerprint density at radius 3 is 1.83 bits per heavy atom. The maximum Gasteiger partial charge on any atom is -0.00869 e. The molecule has 0 amide bonds. The summed E-state index contributed by atoms with van der Waals surface area (Å²) in [5.74, 6) is 4.12. The van der Waals surface area contributed by atoms with Crippen molar-refractivity contribution in [2.24, 2.45) is 23.7 Å². The average Bonchev–Trinajstić information content (AvgIpc) is 3.43. The molecule has 2 saturated carbocycles. The SMILES string of the molecule is C1=CC2CC(c3ccccc3-c3ccccc3C3CCC4C=CC=CC43)CC2C=C1. The molecule has 5 atom stereocenters. The van der Waals surface area contributed by atoms with Gasteiger partial charge in [-0.1, -0.05) is 97.1 Å². The Hall–Kier alpha value is -2.60. The highest BCUT2D eigenvalue weighted by Gasteiger charge is 2.37. The molecular formula is C30H30. The Bertz CT molecular complexity index is 1030. The van der Waals surface area contributed by atoms with Crippen LogP contribution in [-0.2, 0) is 0 Å². The van der Waals surface area contributed by atoms with E-state index in [1.165, 1.54) is 36.8 Å². The first kappa shape index (κ1) is 18.2. The molecule has 0 aromatic heterocycles. The van der Waals surface area contributed by atoms with Crippen molar-refractivity contribution in [1.82, 2.24) is 0 Å². The zero-order chi connectivity index (χ0) is 19.9.